The summed E-state index contributed by atoms with van der Waals surface area (Å²) in [7, 11) is -2.07. The largest absolute Gasteiger partial charge is 0.480 e. The number of carbonyl (C=O) groups excluding carboxylic acids is 2. The predicted molar refractivity (Wildman–Crippen MR) is 71.3 cm³/mol. The van der Waals surface area contributed by atoms with Crippen LogP contribution in [-0.2, 0) is 29.0 Å². The van der Waals surface area contributed by atoms with E-state index in [0.717, 1.165) is 7.11 Å². The first-order chi connectivity index (χ1) is 9.73. The standard InChI is InChI=1S/C11H18N2O7S/c1-20-10(15)5-8(11(16)17)13-9(14)4-7-6-21(18,19)3-2-12-7/h7-8,12H,2-6H2,1H3,(H,13,14)(H,16,17)/t7?,8-/m0/s1. The van der Waals surface area contributed by atoms with Crippen LogP contribution in [0.25, 0.3) is 0 Å². The molecule has 10 heteroatoms. The van der Waals surface area contributed by atoms with Crippen molar-refractivity contribution in [3.8, 4) is 0 Å². The Morgan fingerprint density at radius 2 is 2.10 bits per heavy atom. The van der Waals surface area contributed by atoms with Crippen LogP contribution in [0.15, 0.2) is 0 Å². The fraction of sp³-hybridized carbons (Fsp3) is 0.727. The summed E-state index contributed by atoms with van der Waals surface area (Å²) < 4.78 is 27.2. The summed E-state index contributed by atoms with van der Waals surface area (Å²) in [5, 5.41) is 14.0. The molecular formula is C11H18N2O7S. The number of amides is 1. The Balaban J connectivity index is 2.54. The summed E-state index contributed by atoms with van der Waals surface area (Å²) in [5.74, 6) is -2.92. The molecule has 0 radical (unpaired) electrons. The number of carboxylic acids is 1. The van der Waals surface area contributed by atoms with Gasteiger partial charge in [0.15, 0.2) is 9.84 Å². The summed E-state index contributed by atoms with van der Waals surface area (Å²) in [6, 6.07) is -1.96. The van der Waals surface area contributed by atoms with E-state index in [-0.39, 0.29) is 24.5 Å². The molecule has 21 heavy (non-hydrogen) atoms. The number of methoxy groups -OCH3 is 1. The average molecular weight is 322 g/mol. The van der Waals surface area contributed by atoms with Crippen LogP contribution >= 0.6 is 0 Å². The quantitative estimate of drug-likeness (QED) is 0.472. The fourth-order valence-corrected chi connectivity index (χ4v) is 3.37. The molecule has 0 aromatic heterocycles. The number of hydrogen-bond acceptors (Lipinski definition) is 7. The Kier molecular flexibility index (Phi) is 6.09. The summed E-state index contributed by atoms with van der Waals surface area (Å²) in [6.07, 6.45) is -0.669. The van der Waals surface area contributed by atoms with Gasteiger partial charge in [-0.1, -0.05) is 0 Å². The second-order valence-corrected chi connectivity index (χ2v) is 6.94. The number of rotatable bonds is 6. The van der Waals surface area contributed by atoms with Gasteiger partial charge in [0.25, 0.3) is 0 Å². The fourth-order valence-electron chi connectivity index (χ4n) is 1.93. The maximum Gasteiger partial charge on any atom is 0.326 e. The molecule has 120 valence electrons. The van der Waals surface area contributed by atoms with Crippen molar-refractivity contribution < 1.29 is 32.6 Å². The minimum atomic E-state index is -3.18. The maximum absolute atomic E-state index is 11.7. The third-order valence-electron chi connectivity index (χ3n) is 2.96. The maximum atomic E-state index is 11.7. The number of esters is 1. The molecule has 0 bridgehead atoms. The molecule has 1 rings (SSSR count). The summed E-state index contributed by atoms with van der Waals surface area (Å²) in [5.41, 5.74) is 0. The molecule has 1 aliphatic rings. The zero-order valence-corrected chi connectivity index (χ0v) is 12.3. The van der Waals surface area contributed by atoms with E-state index < -0.39 is 46.2 Å². The van der Waals surface area contributed by atoms with Gasteiger partial charge in [0.1, 0.15) is 6.04 Å². The van der Waals surface area contributed by atoms with E-state index in [2.05, 4.69) is 15.4 Å². The molecule has 1 unspecified atom stereocenters. The van der Waals surface area contributed by atoms with Gasteiger partial charge >= 0.3 is 11.9 Å². The van der Waals surface area contributed by atoms with Crippen LogP contribution in [-0.4, -0.2) is 68.6 Å². The SMILES string of the molecule is COC(=O)C[C@H](NC(=O)CC1CS(=O)(=O)CCN1)C(=O)O. The van der Waals surface area contributed by atoms with E-state index in [1.165, 1.54) is 0 Å². The number of ether oxygens (including phenoxy) is 1. The van der Waals surface area contributed by atoms with E-state index in [0.29, 0.717) is 0 Å². The first kappa shape index (κ1) is 17.4. The van der Waals surface area contributed by atoms with Gasteiger partial charge in [-0.3, -0.25) is 9.59 Å². The Hall–Kier alpha value is -1.68. The minimum absolute atomic E-state index is 0.0191. The molecule has 1 aliphatic heterocycles. The highest BCUT2D eigenvalue weighted by molar-refractivity contribution is 7.91. The average Bonchev–Trinajstić information content (AvgIpc) is 2.36. The van der Waals surface area contributed by atoms with Crippen molar-refractivity contribution in [2.75, 3.05) is 25.2 Å². The van der Waals surface area contributed by atoms with Crippen molar-refractivity contribution in [1.82, 2.24) is 10.6 Å². The molecule has 0 saturated carbocycles. The monoisotopic (exact) mass is 322 g/mol. The molecule has 0 spiro atoms. The molecule has 0 aromatic carbocycles. The molecule has 1 fully saturated rings. The van der Waals surface area contributed by atoms with Crippen LogP contribution in [0.5, 0.6) is 0 Å². The van der Waals surface area contributed by atoms with Gasteiger partial charge in [0.05, 0.1) is 25.0 Å². The Morgan fingerprint density at radius 3 is 2.62 bits per heavy atom. The van der Waals surface area contributed by atoms with Crippen LogP contribution in [0, 0.1) is 0 Å². The normalized spacial score (nSPS) is 22.0. The van der Waals surface area contributed by atoms with E-state index >= 15 is 0 Å². The first-order valence-corrected chi connectivity index (χ1v) is 8.08. The van der Waals surface area contributed by atoms with Gasteiger partial charge in [-0.25, -0.2) is 13.2 Å². The smallest absolute Gasteiger partial charge is 0.326 e. The molecule has 0 aromatic rings. The molecule has 2 atom stereocenters. The van der Waals surface area contributed by atoms with Crippen molar-refractivity contribution >= 4 is 27.7 Å². The Bertz CT molecular complexity index is 517. The topological polar surface area (TPSA) is 139 Å². The third-order valence-corrected chi connectivity index (χ3v) is 4.70. The third kappa shape index (κ3) is 6.08. The van der Waals surface area contributed by atoms with Crippen molar-refractivity contribution in [3.05, 3.63) is 0 Å². The summed E-state index contributed by atoms with van der Waals surface area (Å²) >= 11 is 0. The first-order valence-electron chi connectivity index (χ1n) is 6.26. The molecule has 0 aliphatic carbocycles. The van der Waals surface area contributed by atoms with Gasteiger partial charge < -0.3 is 20.5 Å². The van der Waals surface area contributed by atoms with Crippen molar-refractivity contribution in [1.29, 1.82) is 0 Å². The molecule has 1 heterocycles. The molecular weight excluding hydrogens is 304 g/mol. The number of hydrogen-bond donors (Lipinski definition) is 3. The lowest BCUT2D eigenvalue weighted by molar-refractivity contribution is -0.148. The highest BCUT2D eigenvalue weighted by atomic mass is 32.2. The van der Waals surface area contributed by atoms with Gasteiger partial charge in [0.2, 0.25) is 5.91 Å². The second-order valence-electron chi connectivity index (χ2n) is 4.71. The zero-order valence-electron chi connectivity index (χ0n) is 11.5. The lowest BCUT2D eigenvalue weighted by Gasteiger charge is -2.23. The molecule has 9 nitrogen and oxygen atoms in total. The number of nitrogens with one attached hydrogen (secondary N) is 2. The van der Waals surface area contributed by atoms with E-state index in [1.807, 2.05) is 0 Å². The van der Waals surface area contributed by atoms with Gasteiger partial charge in [-0.15, -0.1) is 0 Å². The highest BCUT2D eigenvalue weighted by Crippen LogP contribution is 2.05. The number of carbonyl (C=O) groups is 3. The van der Waals surface area contributed by atoms with E-state index in [9.17, 15) is 22.8 Å². The van der Waals surface area contributed by atoms with E-state index in [4.69, 9.17) is 5.11 Å². The van der Waals surface area contributed by atoms with Crippen LogP contribution in [0.4, 0.5) is 0 Å². The van der Waals surface area contributed by atoms with Crippen LogP contribution in [0.3, 0.4) is 0 Å². The minimum Gasteiger partial charge on any atom is -0.480 e. The van der Waals surface area contributed by atoms with E-state index in [1.54, 1.807) is 0 Å². The summed E-state index contributed by atoms with van der Waals surface area (Å²) in [4.78, 5) is 33.7. The van der Waals surface area contributed by atoms with Crippen LogP contribution in [0.1, 0.15) is 12.8 Å². The summed E-state index contributed by atoms with van der Waals surface area (Å²) in [6.45, 7) is 0.255. The zero-order chi connectivity index (χ0) is 16.0. The van der Waals surface area contributed by atoms with Gasteiger partial charge in [0, 0.05) is 19.0 Å². The number of carboxylic acid groups (broad SMARTS) is 1. The van der Waals surface area contributed by atoms with Crippen LogP contribution in [0.2, 0.25) is 0 Å². The van der Waals surface area contributed by atoms with Crippen molar-refractivity contribution in [2.45, 2.75) is 24.9 Å². The Morgan fingerprint density at radius 1 is 1.43 bits per heavy atom. The number of aliphatic carboxylic acids is 1. The van der Waals surface area contributed by atoms with Crippen LogP contribution < -0.4 is 10.6 Å². The molecule has 1 saturated heterocycles. The predicted octanol–water partition coefficient (Wildman–Crippen LogP) is -2.10. The Labute approximate surface area is 122 Å². The lowest BCUT2D eigenvalue weighted by atomic mass is 10.1. The van der Waals surface area contributed by atoms with Gasteiger partial charge in [-0.05, 0) is 0 Å². The number of sulfone groups is 1. The molecule has 3 N–H and O–H groups in total. The van der Waals surface area contributed by atoms with Crippen molar-refractivity contribution in [3.63, 3.8) is 0 Å². The second kappa shape index (κ2) is 7.36. The highest BCUT2D eigenvalue weighted by Gasteiger charge is 2.28. The lowest BCUT2D eigenvalue weighted by Crippen LogP contribution is -2.49. The van der Waals surface area contributed by atoms with Gasteiger partial charge in [-0.2, -0.15) is 0 Å². The van der Waals surface area contributed by atoms with Crippen molar-refractivity contribution in [2.24, 2.45) is 0 Å². The molecule has 1 amide bonds.